The van der Waals surface area contributed by atoms with E-state index >= 15 is 0 Å². The van der Waals surface area contributed by atoms with Gasteiger partial charge in [-0.05, 0) is 43.5 Å². The number of carbonyl (C=O) groups excluding carboxylic acids is 1. The molecule has 1 aliphatic carbocycles. The summed E-state index contributed by atoms with van der Waals surface area (Å²) in [5, 5.41) is 3.46. The SMILES string of the molecule is C=N/C=C\C(=C/C)C1(CC)C2=C(CC(C)(C)CC2=O)Nc2ncsc21. The van der Waals surface area contributed by atoms with E-state index in [-0.39, 0.29) is 11.2 Å². The van der Waals surface area contributed by atoms with Crippen LogP contribution in [-0.2, 0) is 10.2 Å². The summed E-state index contributed by atoms with van der Waals surface area (Å²) in [6.45, 7) is 12.0. The van der Waals surface area contributed by atoms with Gasteiger partial charge in [0.15, 0.2) is 5.78 Å². The monoisotopic (exact) mass is 355 g/mol. The molecule has 0 amide bonds. The van der Waals surface area contributed by atoms with Crippen LogP contribution in [0.4, 0.5) is 5.82 Å². The average molecular weight is 356 g/mol. The summed E-state index contributed by atoms with van der Waals surface area (Å²) in [4.78, 5) is 22.8. The maximum atomic E-state index is 13.2. The Balaban J connectivity index is 2.30. The first-order valence-corrected chi connectivity index (χ1v) is 9.54. The maximum absolute atomic E-state index is 13.2. The molecule has 1 atom stereocenters. The van der Waals surface area contributed by atoms with Crippen molar-refractivity contribution < 1.29 is 4.79 Å². The van der Waals surface area contributed by atoms with Gasteiger partial charge in [-0.3, -0.25) is 9.79 Å². The van der Waals surface area contributed by atoms with Crippen molar-refractivity contribution in [2.75, 3.05) is 5.32 Å². The van der Waals surface area contributed by atoms with Crippen molar-refractivity contribution in [3.05, 3.63) is 45.6 Å². The third-order valence-electron chi connectivity index (χ3n) is 5.22. The molecule has 1 aromatic heterocycles. The number of nitrogens with one attached hydrogen (secondary N) is 1. The lowest BCUT2D eigenvalue weighted by atomic mass is 9.61. The molecule has 132 valence electrons. The number of hydrogen-bond acceptors (Lipinski definition) is 5. The molecule has 2 heterocycles. The van der Waals surface area contributed by atoms with Gasteiger partial charge in [-0.15, -0.1) is 11.3 Å². The van der Waals surface area contributed by atoms with Crippen LogP contribution >= 0.6 is 11.3 Å². The fraction of sp³-hybridized carbons (Fsp3) is 0.450. The predicted octanol–water partition coefficient (Wildman–Crippen LogP) is 5.02. The van der Waals surface area contributed by atoms with Crippen molar-refractivity contribution in [2.45, 2.75) is 52.4 Å². The number of rotatable bonds is 4. The van der Waals surface area contributed by atoms with Gasteiger partial charge in [0.1, 0.15) is 5.82 Å². The topological polar surface area (TPSA) is 54.4 Å². The van der Waals surface area contributed by atoms with Crippen LogP contribution in [0.15, 0.2) is 45.7 Å². The zero-order chi connectivity index (χ0) is 18.2. The van der Waals surface area contributed by atoms with Gasteiger partial charge in [-0.25, -0.2) is 4.98 Å². The molecule has 1 aliphatic heterocycles. The normalized spacial score (nSPS) is 25.6. The zero-order valence-corrected chi connectivity index (χ0v) is 16.2. The van der Waals surface area contributed by atoms with Gasteiger partial charge in [0, 0.05) is 23.9 Å². The minimum Gasteiger partial charge on any atom is -0.342 e. The molecule has 0 spiro atoms. The summed E-state index contributed by atoms with van der Waals surface area (Å²) in [6, 6.07) is 0. The number of Topliss-reactive ketones (excluding diaryl/α,β-unsaturated/α-hetero) is 1. The number of carbonyl (C=O) groups is 1. The number of nitrogens with zero attached hydrogens (tertiary/aromatic N) is 2. The molecule has 0 saturated heterocycles. The molecule has 1 aromatic rings. The summed E-state index contributed by atoms with van der Waals surface area (Å²) in [7, 11) is 0. The first kappa shape index (κ1) is 17.8. The van der Waals surface area contributed by atoms with Crippen LogP contribution in [0, 0.1) is 5.41 Å². The molecular formula is C20H25N3OS. The van der Waals surface area contributed by atoms with Crippen molar-refractivity contribution in [3.8, 4) is 0 Å². The van der Waals surface area contributed by atoms with Crippen molar-refractivity contribution in [1.29, 1.82) is 0 Å². The Kier molecular flexibility index (Phi) is 4.54. The fourth-order valence-corrected chi connectivity index (χ4v) is 5.30. The minimum atomic E-state index is -0.458. The predicted molar refractivity (Wildman–Crippen MR) is 105 cm³/mol. The third kappa shape index (κ3) is 2.71. The molecule has 0 bridgehead atoms. The van der Waals surface area contributed by atoms with E-state index < -0.39 is 5.41 Å². The first-order chi connectivity index (χ1) is 11.9. The lowest BCUT2D eigenvalue weighted by molar-refractivity contribution is -0.118. The van der Waals surface area contributed by atoms with E-state index in [4.69, 9.17) is 0 Å². The molecule has 2 aliphatic rings. The molecule has 3 rings (SSSR count). The molecular weight excluding hydrogens is 330 g/mol. The first-order valence-electron chi connectivity index (χ1n) is 8.66. The second-order valence-corrected chi connectivity index (χ2v) is 8.31. The van der Waals surface area contributed by atoms with Crippen molar-refractivity contribution in [2.24, 2.45) is 10.4 Å². The summed E-state index contributed by atoms with van der Waals surface area (Å²) in [6.07, 6.45) is 7.99. The molecule has 1 N–H and O–H groups in total. The Morgan fingerprint density at radius 1 is 1.48 bits per heavy atom. The Morgan fingerprint density at radius 3 is 2.88 bits per heavy atom. The van der Waals surface area contributed by atoms with Gasteiger partial charge in [-0.1, -0.05) is 26.8 Å². The number of hydrogen-bond donors (Lipinski definition) is 1. The number of ketones is 1. The van der Waals surface area contributed by atoms with Crippen molar-refractivity contribution in [1.82, 2.24) is 4.98 Å². The summed E-state index contributed by atoms with van der Waals surface area (Å²) >= 11 is 1.61. The Hall–Kier alpha value is -2.01. The lowest BCUT2D eigenvalue weighted by Crippen LogP contribution is -2.43. The highest BCUT2D eigenvalue weighted by molar-refractivity contribution is 7.10. The summed E-state index contributed by atoms with van der Waals surface area (Å²) in [5.41, 5.74) is 4.38. The van der Waals surface area contributed by atoms with Gasteiger partial charge >= 0.3 is 0 Å². The fourth-order valence-electron chi connectivity index (χ4n) is 4.25. The smallest absolute Gasteiger partial charge is 0.162 e. The summed E-state index contributed by atoms with van der Waals surface area (Å²) < 4.78 is 0. The second kappa shape index (κ2) is 6.37. The average Bonchev–Trinajstić information content (AvgIpc) is 3.01. The van der Waals surface area contributed by atoms with Crippen LogP contribution < -0.4 is 5.32 Å². The third-order valence-corrected chi connectivity index (χ3v) is 6.21. The molecule has 5 heteroatoms. The lowest BCUT2D eigenvalue weighted by Gasteiger charge is -2.45. The zero-order valence-electron chi connectivity index (χ0n) is 15.3. The Labute approximate surface area is 153 Å². The van der Waals surface area contributed by atoms with E-state index in [1.807, 2.05) is 18.5 Å². The molecule has 0 fully saturated rings. The Morgan fingerprint density at radius 2 is 2.24 bits per heavy atom. The van der Waals surface area contributed by atoms with Gasteiger partial charge < -0.3 is 5.32 Å². The molecule has 4 nitrogen and oxygen atoms in total. The molecule has 25 heavy (non-hydrogen) atoms. The molecule has 0 saturated carbocycles. The van der Waals surface area contributed by atoms with Gasteiger partial charge in [0.25, 0.3) is 0 Å². The van der Waals surface area contributed by atoms with Crippen LogP contribution in [-0.4, -0.2) is 17.5 Å². The van der Waals surface area contributed by atoms with E-state index in [9.17, 15) is 4.79 Å². The summed E-state index contributed by atoms with van der Waals surface area (Å²) in [5.74, 6) is 1.12. The highest BCUT2D eigenvalue weighted by Crippen LogP contribution is 2.55. The number of allylic oxidation sites excluding steroid dienone is 5. The van der Waals surface area contributed by atoms with Gasteiger partial charge in [0.2, 0.25) is 0 Å². The highest BCUT2D eigenvalue weighted by atomic mass is 32.1. The van der Waals surface area contributed by atoms with E-state index in [0.717, 1.165) is 40.4 Å². The number of fused-ring (bicyclic) bond motifs is 1. The van der Waals surface area contributed by atoms with E-state index in [2.05, 4.69) is 48.9 Å². The van der Waals surface area contributed by atoms with Crippen LogP contribution in [0.2, 0.25) is 0 Å². The minimum absolute atomic E-state index is 0.0372. The standard InChI is InChI=1S/C20H25N3OS/c1-6-13(8-9-21-5)20(7-2)16-14(10-19(3,4)11-15(16)24)23-18-17(20)25-12-22-18/h6,8-9,12,23H,5,7,10-11H2,1-4H3/b9-8-,13-6+. The van der Waals surface area contributed by atoms with Crippen LogP contribution in [0.1, 0.15) is 51.8 Å². The van der Waals surface area contributed by atoms with Crippen molar-refractivity contribution in [3.63, 3.8) is 0 Å². The van der Waals surface area contributed by atoms with Crippen molar-refractivity contribution >= 4 is 29.7 Å². The van der Waals surface area contributed by atoms with Crippen LogP contribution in [0.25, 0.3) is 0 Å². The van der Waals surface area contributed by atoms with E-state index in [0.29, 0.717) is 6.42 Å². The van der Waals surface area contributed by atoms with E-state index in [1.54, 1.807) is 17.5 Å². The number of aliphatic imine (C=N–C) groups is 1. The van der Waals surface area contributed by atoms with E-state index in [1.165, 1.54) is 0 Å². The molecule has 1 unspecified atom stereocenters. The van der Waals surface area contributed by atoms with Gasteiger partial charge in [-0.2, -0.15) is 0 Å². The number of anilines is 1. The highest BCUT2D eigenvalue weighted by Gasteiger charge is 2.50. The quantitative estimate of drug-likeness (QED) is 0.609. The van der Waals surface area contributed by atoms with Gasteiger partial charge in [0.05, 0.1) is 15.8 Å². The number of thiazole rings is 1. The number of aromatic nitrogens is 1. The van der Waals surface area contributed by atoms with Crippen LogP contribution in [0.3, 0.4) is 0 Å². The maximum Gasteiger partial charge on any atom is 0.162 e. The largest absolute Gasteiger partial charge is 0.342 e. The van der Waals surface area contributed by atoms with Crippen LogP contribution in [0.5, 0.6) is 0 Å². The molecule has 0 aromatic carbocycles. The Bertz CT molecular complexity index is 813. The second-order valence-electron chi connectivity index (χ2n) is 7.45. The molecule has 0 radical (unpaired) electrons.